The van der Waals surface area contributed by atoms with Gasteiger partial charge in [0, 0.05) is 11.4 Å². The maximum Gasteiger partial charge on any atom is 0.411 e. The van der Waals surface area contributed by atoms with E-state index in [1.807, 2.05) is 13.8 Å². The molecule has 2 amide bonds. The Morgan fingerprint density at radius 3 is 1.24 bits per heavy atom. The number of aliphatic hydroxyl groups excluding tert-OH is 2. The molecule has 10 heteroatoms. The van der Waals surface area contributed by atoms with E-state index in [0.29, 0.717) is 37.8 Å². The smallest absolute Gasteiger partial charge is 0.411 e. The van der Waals surface area contributed by atoms with Crippen molar-refractivity contribution in [2.24, 2.45) is 0 Å². The topological polar surface area (TPSA) is 136 Å². The van der Waals surface area contributed by atoms with Gasteiger partial charge >= 0.3 is 12.2 Å². The molecule has 0 saturated carbocycles. The second-order valence-corrected chi connectivity index (χ2v) is 6.53. The Bertz CT molecular complexity index is 947. The van der Waals surface area contributed by atoms with Gasteiger partial charge in [0.2, 0.25) is 0 Å². The number of hydrogen-bond acceptors (Lipinski definition) is 8. The van der Waals surface area contributed by atoms with Crippen molar-refractivity contribution >= 4 is 23.6 Å². The Hall–Kier alpha value is -4.38. The number of carbonyl (C=O) groups excluding carboxylic acids is 2. The number of benzene rings is 2. The van der Waals surface area contributed by atoms with Crippen LogP contribution in [0.25, 0.3) is 0 Å². The Morgan fingerprint density at radius 2 is 0.974 bits per heavy atom. The Labute approximate surface area is 224 Å². The minimum Gasteiger partial charge on any atom is -0.494 e. The highest BCUT2D eigenvalue weighted by molar-refractivity contribution is 5.85. The van der Waals surface area contributed by atoms with Gasteiger partial charge in [-0.05, 0) is 88.1 Å². The molecule has 0 radical (unpaired) electrons. The van der Waals surface area contributed by atoms with E-state index in [-0.39, 0.29) is 13.2 Å². The Morgan fingerprint density at radius 1 is 0.632 bits per heavy atom. The Kier molecular flexibility index (Phi) is 20.4. The molecule has 0 bridgehead atoms. The van der Waals surface area contributed by atoms with Crippen molar-refractivity contribution in [3.05, 3.63) is 48.5 Å². The van der Waals surface area contributed by atoms with Crippen molar-refractivity contribution in [2.75, 3.05) is 50.3 Å². The van der Waals surface area contributed by atoms with Gasteiger partial charge in [0.15, 0.2) is 0 Å². The fourth-order valence-corrected chi connectivity index (χ4v) is 2.34. The summed E-state index contributed by atoms with van der Waals surface area (Å²) >= 11 is 0. The number of hydrogen-bond donors (Lipinski definition) is 4. The quantitative estimate of drug-likeness (QED) is 0.373. The number of aliphatic hydroxyl groups is 2. The highest BCUT2D eigenvalue weighted by Gasteiger charge is 2.02. The maximum atomic E-state index is 11.1. The third kappa shape index (κ3) is 18.0. The molecule has 2 aromatic rings. The molecule has 0 atom stereocenters. The monoisotopic (exact) mass is 528 g/mol. The van der Waals surface area contributed by atoms with Crippen LogP contribution in [0.1, 0.15) is 27.7 Å². The molecule has 0 unspecified atom stereocenters. The van der Waals surface area contributed by atoms with E-state index in [4.69, 9.17) is 29.2 Å². The first-order valence-corrected chi connectivity index (χ1v) is 11.9. The summed E-state index contributed by atoms with van der Waals surface area (Å²) in [6, 6.07) is 14.2. The molecule has 2 aromatic carbocycles. The summed E-state index contributed by atoms with van der Waals surface area (Å²) < 4.78 is 20.0. The SMILES string of the molecule is CCOC(=O)Nc1ccc(OCC)cc1.CCOC(=O)Nc1ccc(OCC)cc1.OCC#CC#CCO. The molecule has 38 heavy (non-hydrogen) atoms. The van der Waals surface area contributed by atoms with E-state index in [9.17, 15) is 9.59 Å². The average molecular weight is 529 g/mol. The minimum absolute atomic E-state index is 0.180. The lowest BCUT2D eigenvalue weighted by Crippen LogP contribution is -2.13. The van der Waals surface area contributed by atoms with E-state index in [1.54, 1.807) is 62.4 Å². The van der Waals surface area contributed by atoms with E-state index >= 15 is 0 Å². The first-order valence-electron chi connectivity index (χ1n) is 11.9. The molecule has 206 valence electrons. The number of rotatable bonds is 8. The molecule has 0 aliphatic heterocycles. The zero-order valence-corrected chi connectivity index (χ0v) is 22.2. The van der Waals surface area contributed by atoms with Crippen molar-refractivity contribution in [3.8, 4) is 35.2 Å². The second kappa shape index (κ2) is 23.0. The predicted molar refractivity (Wildman–Crippen MR) is 146 cm³/mol. The molecule has 10 nitrogen and oxygen atoms in total. The molecule has 0 spiro atoms. The summed E-state index contributed by atoms with van der Waals surface area (Å²) in [7, 11) is 0. The third-order valence-corrected chi connectivity index (χ3v) is 3.77. The molecule has 2 rings (SSSR count). The van der Waals surface area contributed by atoms with Crippen LogP contribution in [0, 0.1) is 23.7 Å². The van der Waals surface area contributed by atoms with Gasteiger partial charge in [0.05, 0.1) is 26.4 Å². The molecular formula is C28H36N2O8. The van der Waals surface area contributed by atoms with Gasteiger partial charge in [-0.25, -0.2) is 9.59 Å². The van der Waals surface area contributed by atoms with E-state index in [1.165, 1.54) is 0 Å². The summed E-state index contributed by atoms with van der Waals surface area (Å²) in [5, 5.41) is 21.3. The lowest BCUT2D eigenvalue weighted by atomic mass is 10.3. The fraction of sp³-hybridized carbons (Fsp3) is 0.357. The zero-order valence-electron chi connectivity index (χ0n) is 22.2. The highest BCUT2D eigenvalue weighted by atomic mass is 16.6. The number of amides is 2. The molecule has 0 heterocycles. The van der Waals surface area contributed by atoms with Crippen LogP contribution in [-0.4, -0.2) is 62.0 Å². The summed E-state index contributed by atoms with van der Waals surface area (Å²) in [5.41, 5.74) is 1.38. The molecule has 0 aromatic heterocycles. The zero-order chi connectivity index (χ0) is 28.4. The van der Waals surface area contributed by atoms with Gasteiger partial charge < -0.3 is 29.2 Å². The average Bonchev–Trinajstić information content (AvgIpc) is 2.90. The summed E-state index contributed by atoms with van der Waals surface area (Å²) in [4.78, 5) is 22.1. The second-order valence-electron chi connectivity index (χ2n) is 6.53. The third-order valence-electron chi connectivity index (χ3n) is 3.77. The van der Waals surface area contributed by atoms with Crippen molar-refractivity contribution in [1.82, 2.24) is 0 Å². The molecule has 0 aliphatic carbocycles. The van der Waals surface area contributed by atoms with Crippen LogP contribution in [0.2, 0.25) is 0 Å². The van der Waals surface area contributed by atoms with Crippen LogP contribution >= 0.6 is 0 Å². The highest BCUT2D eigenvalue weighted by Crippen LogP contribution is 2.16. The van der Waals surface area contributed by atoms with Crippen molar-refractivity contribution in [2.45, 2.75) is 27.7 Å². The number of carbonyl (C=O) groups is 2. The first kappa shape index (κ1) is 33.6. The molecule has 0 saturated heterocycles. The van der Waals surface area contributed by atoms with Crippen molar-refractivity contribution in [1.29, 1.82) is 0 Å². The minimum atomic E-state index is -0.443. The van der Waals surface area contributed by atoms with Crippen LogP contribution in [-0.2, 0) is 9.47 Å². The van der Waals surface area contributed by atoms with Crippen LogP contribution < -0.4 is 20.1 Å². The lowest BCUT2D eigenvalue weighted by Gasteiger charge is -2.06. The number of anilines is 2. The largest absolute Gasteiger partial charge is 0.494 e. The van der Waals surface area contributed by atoms with Gasteiger partial charge in [0.25, 0.3) is 0 Å². The van der Waals surface area contributed by atoms with Crippen LogP contribution in [0.4, 0.5) is 21.0 Å². The number of ether oxygens (including phenoxy) is 4. The first-order chi connectivity index (χ1) is 18.4. The van der Waals surface area contributed by atoms with Crippen LogP contribution in [0.5, 0.6) is 11.5 Å². The molecule has 0 fully saturated rings. The van der Waals surface area contributed by atoms with Crippen LogP contribution in [0.3, 0.4) is 0 Å². The van der Waals surface area contributed by atoms with E-state index < -0.39 is 12.2 Å². The van der Waals surface area contributed by atoms with Gasteiger partial charge in [-0.1, -0.05) is 11.8 Å². The summed E-state index contributed by atoms with van der Waals surface area (Å²) in [5.74, 6) is 10.8. The van der Waals surface area contributed by atoms with Gasteiger partial charge in [0.1, 0.15) is 24.7 Å². The standard InChI is InChI=1S/2C11H15NO3.C6H6O2/c2*1-3-14-10-7-5-9(6-8-10)12-11(13)15-4-2;7-5-3-1-2-4-6-8/h2*5-8H,3-4H2,1-2H3,(H,12,13);7-8H,5-6H2. The molecular weight excluding hydrogens is 492 g/mol. The molecule has 4 N–H and O–H groups in total. The number of nitrogens with one attached hydrogen (secondary N) is 2. The fourth-order valence-electron chi connectivity index (χ4n) is 2.34. The lowest BCUT2D eigenvalue weighted by molar-refractivity contribution is 0.167. The van der Waals surface area contributed by atoms with Crippen molar-refractivity contribution < 1.29 is 38.7 Å². The van der Waals surface area contributed by atoms with Gasteiger partial charge in [-0.2, -0.15) is 0 Å². The van der Waals surface area contributed by atoms with E-state index in [0.717, 1.165) is 11.5 Å². The normalized spacial score (nSPS) is 8.68. The van der Waals surface area contributed by atoms with Crippen molar-refractivity contribution in [3.63, 3.8) is 0 Å². The summed E-state index contributed by atoms with van der Waals surface area (Å²) in [6.07, 6.45) is -0.886. The summed E-state index contributed by atoms with van der Waals surface area (Å²) in [6.45, 7) is 8.99. The Balaban J connectivity index is 0.000000569. The van der Waals surface area contributed by atoms with Gasteiger partial charge in [-0.3, -0.25) is 10.6 Å². The maximum absolute atomic E-state index is 11.1. The van der Waals surface area contributed by atoms with Crippen LogP contribution in [0.15, 0.2) is 48.5 Å². The predicted octanol–water partition coefficient (Wildman–Crippen LogP) is 4.29. The molecule has 0 aliphatic rings. The van der Waals surface area contributed by atoms with Gasteiger partial charge in [-0.15, -0.1) is 0 Å². The van der Waals surface area contributed by atoms with E-state index in [2.05, 4.69) is 34.3 Å².